The van der Waals surface area contributed by atoms with Gasteiger partial charge >= 0.3 is 0 Å². The fraction of sp³-hybridized carbons (Fsp3) is 0.0909. The second-order valence-electron chi connectivity index (χ2n) is 3.75. The molecule has 2 aromatic rings. The highest BCUT2D eigenvalue weighted by atomic mass is 32.2. The van der Waals surface area contributed by atoms with Crippen molar-refractivity contribution in [1.82, 2.24) is 10.2 Å². The van der Waals surface area contributed by atoms with Gasteiger partial charge in [0.25, 0.3) is 0 Å². The topological polar surface area (TPSA) is 121 Å². The molecule has 100 valence electrons. The van der Waals surface area contributed by atoms with E-state index < -0.39 is 10.0 Å². The fourth-order valence-corrected chi connectivity index (χ4v) is 2.37. The molecule has 1 heterocycles. The molecule has 4 N–H and O–H groups in total. The average molecular weight is 280 g/mol. The van der Waals surface area contributed by atoms with Crippen LogP contribution in [-0.2, 0) is 10.0 Å². The SMILES string of the molecule is COc1ccnnc1-c1cc(N)ccc1S(N)(=O)=O. The van der Waals surface area contributed by atoms with Gasteiger partial charge in [0.2, 0.25) is 10.0 Å². The van der Waals surface area contributed by atoms with Crippen LogP contribution in [0.4, 0.5) is 5.69 Å². The van der Waals surface area contributed by atoms with E-state index in [0.29, 0.717) is 11.4 Å². The largest absolute Gasteiger partial charge is 0.494 e. The zero-order chi connectivity index (χ0) is 14.0. The van der Waals surface area contributed by atoms with Crippen molar-refractivity contribution in [1.29, 1.82) is 0 Å². The van der Waals surface area contributed by atoms with Gasteiger partial charge in [-0.25, -0.2) is 13.6 Å². The van der Waals surface area contributed by atoms with Crippen molar-refractivity contribution in [3.05, 3.63) is 30.5 Å². The highest BCUT2D eigenvalue weighted by Gasteiger charge is 2.19. The minimum Gasteiger partial charge on any atom is -0.494 e. The Morgan fingerprint density at radius 1 is 1.26 bits per heavy atom. The van der Waals surface area contributed by atoms with Crippen molar-refractivity contribution in [2.75, 3.05) is 12.8 Å². The summed E-state index contributed by atoms with van der Waals surface area (Å²) < 4.78 is 28.3. The van der Waals surface area contributed by atoms with Crippen LogP contribution in [0.25, 0.3) is 11.3 Å². The molecule has 0 saturated heterocycles. The predicted molar refractivity (Wildman–Crippen MR) is 69.8 cm³/mol. The molecule has 0 spiro atoms. The Bertz CT molecular complexity index is 716. The molecule has 19 heavy (non-hydrogen) atoms. The third-order valence-electron chi connectivity index (χ3n) is 2.47. The van der Waals surface area contributed by atoms with E-state index in [1.165, 1.54) is 31.5 Å². The number of benzene rings is 1. The number of hydrogen-bond donors (Lipinski definition) is 2. The maximum Gasteiger partial charge on any atom is 0.238 e. The van der Waals surface area contributed by atoms with Crippen molar-refractivity contribution < 1.29 is 13.2 Å². The van der Waals surface area contributed by atoms with Crippen LogP contribution in [0.3, 0.4) is 0 Å². The molecule has 0 fully saturated rings. The van der Waals surface area contributed by atoms with E-state index in [-0.39, 0.29) is 16.2 Å². The third kappa shape index (κ3) is 2.64. The summed E-state index contributed by atoms with van der Waals surface area (Å²) in [4.78, 5) is -0.0829. The maximum atomic E-state index is 11.6. The van der Waals surface area contributed by atoms with E-state index >= 15 is 0 Å². The minimum absolute atomic E-state index is 0.0829. The standard InChI is InChI=1S/C11H12N4O3S/c1-18-9-4-5-14-15-11(9)8-6-7(12)2-3-10(8)19(13,16)17/h2-6H,12H2,1H3,(H2,13,16,17). The fourth-order valence-electron chi connectivity index (χ4n) is 1.65. The zero-order valence-electron chi connectivity index (χ0n) is 10.1. The molecule has 0 aliphatic heterocycles. The van der Waals surface area contributed by atoms with Gasteiger partial charge in [0.05, 0.1) is 18.2 Å². The Kier molecular flexibility index (Phi) is 3.36. The van der Waals surface area contributed by atoms with Crippen LogP contribution in [0, 0.1) is 0 Å². The number of ether oxygens (including phenoxy) is 1. The molecule has 1 aromatic carbocycles. The van der Waals surface area contributed by atoms with Gasteiger partial charge in [-0.3, -0.25) is 0 Å². The number of anilines is 1. The highest BCUT2D eigenvalue weighted by Crippen LogP contribution is 2.32. The first-order chi connectivity index (χ1) is 8.93. The van der Waals surface area contributed by atoms with Gasteiger partial charge in [-0.05, 0) is 18.2 Å². The zero-order valence-corrected chi connectivity index (χ0v) is 10.9. The molecule has 7 nitrogen and oxygen atoms in total. The molecule has 0 aliphatic carbocycles. The van der Waals surface area contributed by atoms with Gasteiger partial charge in [0.15, 0.2) is 0 Å². The summed E-state index contributed by atoms with van der Waals surface area (Å²) >= 11 is 0. The van der Waals surface area contributed by atoms with Gasteiger partial charge in [0, 0.05) is 17.3 Å². The summed E-state index contributed by atoms with van der Waals surface area (Å²) in [5, 5.41) is 12.8. The summed E-state index contributed by atoms with van der Waals surface area (Å²) in [6.07, 6.45) is 1.44. The van der Waals surface area contributed by atoms with Crippen molar-refractivity contribution in [3.8, 4) is 17.0 Å². The van der Waals surface area contributed by atoms with E-state index in [9.17, 15) is 8.42 Å². The first-order valence-corrected chi connectivity index (χ1v) is 6.76. The number of primary sulfonamides is 1. The Morgan fingerprint density at radius 2 is 2.00 bits per heavy atom. The summed E-state index contributed by atoms with van der Waals surface area (Å²) in [7, 11) is -2.45. The normalized spacial score (nSPS) is 11.3. The Labute approximate surface area is 110 Å². The molecule has 0 aliphatic rings. The van der Waals surface area contributed by atoms with Crippen LogP contribution in [0.5, 0.6) is 5.75 Å². The first-order valence-electron chi connectivity index (χ1n) is 5.22. The molecule has 0 radical (unpaired) electrons. The summed E-state index contributed by atoms with van der Waals surface area (Å²) in [5.74, 6) is 0.380. The van der Waals surface area contributed by atoms with Crippen LogP contribution >= 0.6 is 0 Å². The Hall–Kier alpha value is -2.19. The molecule has 0 atom stereocenters. The molecule has 1 aromatic heterocycles. The lowest BCUT2D eigenvalue weighted by Gasteiger charge is -2.10. The lowest BCUT2D eigenvalue weighted by atomic mass is 10.1. The minimum atomic E-state index is -3.90. The summed E-state index contributed by atoms with van der Waals surface area (Å²) in [6, 6.07) is 5.81. The van der Waals surface area contributed by atoms with E-state index in [2.05, 4.69) is 10.2 Å². The van der Waals surface area contributed by atoms with Crippen molar-refractivity contribution in [2.45, 2.75) is 4.90 Å². The van der Waals surface area contributed by atoms with Gasteiger partial charge in [0.1, 0.15) is 11.4 Å². The predicted octanol–water partition coefficient (Wildman–Crippen LogP) is 0.382. The lowest BCUT2D eigenvalue weighted by molar-refractivity contribution is 0.413. The second-order valence-corrected chi connectivity index (χ2v) is 5.28. The number of sulfonamides is 1. The van der Waals surface area contributed by atoms with E-state index in [4.69, 9.17) is 15.6 Å². The van der Waals surface area contributed by atoms with Crippen LogP contribution in [-0.4, -0.2) is 25.7 Å². The van der Waals surface area contributed by atoms with E-state index in [1.54, 1.807) is 6.07 Å². The number of aromatic nitrogens is 2. The molecule has 2 rings (SSSR count). The molecular weight excluding hydrogens is 268 g/mol. The van der Waals surface area contributed by atoms with Crippen molar-refractivity contribution in [3.63, 3.8) is 0 Å². The molecule has 0 saturated carbocycles. The number of nitrogens with two attached hydrogens (primary N) is 2. The van der Waals surface area contributed by atoms with Crippen LogP contribution in [0.1, 0.15) is 0 Å². The molecule has 0 bridgehead atoms. The van der Waals surface area contributed by atoms with Crippen LogP contribution in [0.15, 0.2) is 35.4 Å². The molecule has 0 amide bonds. The molecule has 8 heteroatoms. The summed E-state index contributed by atoms with van der Waals surface area (Å²) in [5.41, 5.74) is 6.58. The third-order valence-corrected chi connectivity index (χ3v) is 3.44. The lowest BCUT2D eigenvalue weighted by Crippen LogP contribution is -2.14. The van der Waals surface area contributed by atoms with Gasteiger partial charge in [-0.1, -0.05) is 0 Å². The number of nitrogens with zero attached hydrogens (tertiary/aromatic N) is 2. The van der Waals surface area contributed by atoms with Gasteiger partial charge in [-0.15, -0.1) is 5.10 Å². The maximum absolute atomic E-state index is 11.6. The average Bonchev–Trinajstić information content (AvgIpc) is 2.37. The van der Waals surface area contributed by atoms with Crippen LogP contribution < -0.4 is 15.6 Å². The first kappa shape index (κ1) is 13.2. The smallest absolute Gasteiger partial charge is 0.238 e. The van der Waals surface area contributed by atoms with E-state index in [1.807, 2.05) is 0 Å². The van der Waals surface area contributed by atoms with Gasteiger partial charge in [-0.2, -0.15) is 5.10 Å². The quantitative estimate of drug-likeness (QED) is 0.784. The number of nitrogen functional groups attached to an aromatic ring is 1. The summed E-state index contributed by atoms with van der Waals surface area (Å²) in [6.45, 7) is 0. The number of hydrogen-bond acceptors (Lipinski definition) is 6. The number of methoxy groups -OCH3 is 1. The monoisotopic (exact) mass is 280 g/mol. The number of rotatable bonds is 3. The van der Waals surface area contributed by atoms with E-state index in [0.717, 1.165) is 0 Å². The Morgan fingerprint density at radius 3 is 2.63 bits per heavy atom. The molecular formula is C11H12N4O3S. The van der Waals surface area contributed by atoms with Crippen molar-refractivity contribution in [2.24, 2.45) is 5.14 Å². The second kappa shape index (κ2) is 4.82. The van der Waals surface area contributed by atoms with Gasteiger partial charge < -0.3 is 10.5 Å². The van der Waals surface area contributed by atoms with Crippen LogP contribution in [0.2, 0.25) is 0 Å². The highest BCUT2D eigenvalue weighted by molar-refractivity contribution is 7.89. The Balaban J connectivity index is 2.78. The van der Waals surface area contributed by atoms with Crippen molar-refractivity contribution >= 4 is 15.7 Å². The molecule has 0 unspecified atom stereocenters.